The first-order chi connectivity index (χ1) is 14.4. The zero-order valence-electron chi connectivity index (χ0n) is 17.0. The molecule has 0 spiro atoms. The van der Waals surface area contributed by atoms with Gasteiger partial charge in [0.25, 0.3) is 0 Å². The van der Waals surface area contributed by atoms with Crippen LogP contribution >= 0.6 is 7.37 Å². The van der Waals surface area contributed by atoms with Crippen molar-refractivity contribution in [3.8, 4) is 0 Å². The summed E-state index contributed by atoms with van der Waals surface area (Å²) >= 11 is 0. The number of benzene rings is 2. The van der Waals surface area contributed by atoms with E-state index in [1.807, 2.05) is 60.7 Å². The SMILES string of the molecule is O=C(CP(=O)(O)CCCCc1ccccc1)OC(=O)[C@]1(c2ccccc2)CCCN1. The monoisotopic (exact) mass is 429 g/mol. The lowest BCUT2D eigenvalue weighted by molar-refractivity contribution is -0.163. The topological polar surface area (TPSA) is 92.7 Å². The maximum Gasteiger partial charge on any atom is 0.338 e. The summed E-state index contributed by atoms with van der Waals surface area (Å²) in [5.41, 5.74) is 0.824. The Hall–Kier alpha value is -2.27. The molecule has 1 aliphatic rings. The number of hydrogen-bond donors (Lipinski definition) is 2. The molecule has 2 aromatic rings. The van der Waals surface area contributed by atoms with E-state index in [0.29, 0.717) is 19.4 Å². The molecule has 0 amide bonds. The van der Waals surface area contributed by atoms with Crippen molar-refractivity contribution in [2.45, 2.75) is 37.6 Å². The van der Waals surface area contributed by atoms with Crippen LogP contribution in [0.4, 0.5) is 0 Å². The van der Waals surface area contributed by atoms with Gasteiger partial charge in [0.15, 0.2) is 0 Å². The van der Waals surface area contributed by atoms with Crippen molar-refractivity contribution in [3.05, 3.63) is 71.8 Å². The Morgan fingerprint density at radius 2 is 1.70 bits per heavy atom. The van der Waals surface area contributed by atoms with Gasteiger partial charge in [0.1, 0.15) is 11.7 Å². The quantitative estimate of drug-likeness (QED) is 0.274. The van der Waals surface area contributed by atoms with Crippen molar-refractivity contribution in [1.82, 2.24) is 5.32 Å². The molecule has 1 heterocycles. The number of rotatable bonds is 9. The third-order valence-corrected chi connectivity index (χ3v) is 7.19. The zero-order chi connectivity index (χ0) is 21.5. The molecule has 30 heavy (non-hydrogen) atoms. The summed E-state index contributed by atoms with van der Waals surface area (Å²) in [4.78, 5) is 35.2. The van der Waals surface area contributed by atoms with E-state index in [4.69, 9.17) is 4.74 Å². The highest BCUT2D eigenvalue weighted by Gasteiger charge is 2.45. The standard InChI is InChI=1S/C23H28NO5P/c25-21(18-30(27,28)17-8-7-12-19-10-3-1-4-11-19)29-22(26)23(15-9-16-24-23)20-13-5-2-6-14-20/h1-6,10-11,13-14,24H,7-9,12,15-18H2,(H,27,28)/t23-/m1/s1. The number of nitrogens with one attached hydrogen (secondary N) is 1. The maximum absolute atomic E-state index is 12.8. The van der Waals surface area contributed by atoms with Crippen molar-refractivity contribution >= 4 is 19.3 Å². The van der Waals surface area contributed by atoms with E-state index < -0.39 is 31.0 Å². The normalized spacial score (nSPS) is 20.4. The average Bonchev–Trinajstić information content (AvgIpc) is 3.23. The van der Waals surface area contributed by atoms with Gasteiger partial charge in [0.05, 0.1) is 0 Å². The second kappa shape index (κ2) is 10.2. The van der Waals surface area contributed by atoms with Crippen LogP contribution < -0.4 is 5.32 Å². The fourth-order valence-electron chi connectivity index (χ4n) is 3.84. The minimum Gasteiger partial charge on any atom is -0.391 e. The molecule has 2 aromatic carbocycles. The lowest BCUT2D eigenvalue weighted by Crippen LogP contribution is -2.46. The molecule has 1 unspecified atom stereocenters. The molecule has 2 N–H and O–H groups in total. The molecule has 1 saturated heterocycles. The van der Waals surface area contributed by atoms with Crippen LogP contribution in [0.15, 0.2) is 60.7 Å². The maximum atomic E-state index is 12.8. The molecule has 0 bridgehead atoms. The number of hydrogen-bond acceptors (Lipinski definition) is 5. The van der Waals surface area contributed by atoms with E-state index in [-0.39, 0.29) is 6.16 Å². The Labute approximate surface area is 177 Å². The smallest absolute Gasteiger partial charge is 0.338 e. The van der Waals surface area contributed by atoms with Gasteiger partial charge < -0.3 is 9.63 Å². The molecule has 6 nitrogen and oxygen atoms in total. The molecular formula is C23H28NO5P. The zero-order valence-corrected chi connectivity index (χ0v) is 17.9. The van der Waals surface area contributed by atoms with E-state index in [0.717, 1.165) is 24.8 Å². The molecule has 0 radical (unpaired) electrons. The summed E-state index contributed by atoms with van der Waals surface area (Å²) in [5, 5.41) is 3.15. The molecule has 0 aliphatic carbocycles. The minimum atomic E-state index is -3.70. The fourth-order valence-corrected chi connectivity index (χ4v) is 5.18. The first-order valence-corrected chi connectivity index (χ1v) is 12.3. The first-order valence-electron chi connectivity index (χ1n) is 10.3. The minimum absolute atomic E-state index is 0.0329. The van der Waals surface area contributed by atoms with Crippen LogP contribution in [-0.4, -0.2) is 35.7 Å². The number of ether oxygens (including phenoxy) is 1. The Morgan fingerprint density at radius 3 is 2.33 bits per heavy atom. The molecule has 1 fully saturated rings. The van der Waals surface area contributed by atoms with Gasteiger partial charge in [0, 0.05) is 6.16 Å². The lowest BCUT2D eigenvalue weighted by atomic mass is 9.88. The van der Waals surface area contributed by atoms with Crippen LogP contribution in [-0.2, 0) is 30.9 Å². The second-order valence-corrected chi connectivity index (χ2v) is 10.2. The largest absolute Gasteiger partial charge is 0.391 e. The summed E-state index contributed by atoms with van der Waals surface area (Å²) < 4.78 is 17.4. The Kier molecular flexibility index (Phi) is 7.59. The van der Waals surface area contributed by atoms with Gasteiger partial charge in [-0.2, -0.15) is 0 Å². The molecular weight excluding hydrogens is 401 g/mol. The van der Waals surface area contributed by atoms with Crippen molar-refractivity contribution in [2.24, 2.45) is 0 Å². The number of carbonyl (C=O) groups is 2. The Bertz CT molecular complexity index is 894. The highest BCUT2D eigenvalue weighted by Crippen LogP contribution is 2.42. The van der Waals surface area contributed by atoms with Gasteiger partial charge in [0.2, 0.25) is 7.37 Å². The molecule has 7 heteroatoms. The molecule has 3 rings (SSSR count). The highest BCUT2D eigenvalue weighted by atomic mass is 31.2. The van der Waals surface area contributed by atoms with E-state index >= 15 is 0 Å². The van der Waals surface area contributed by atoms with Crippen LogP contribution in [0, 0.1) is 0 Å². The van der Waals surface area contributed by atoms with E-state index in [1.165, 1.54) is 5.56 Å². The highest BCUT2D eigenvalue weighted by molar-refractivity contribution is 7.58. The van der Waals surface area contributed by atoms with Crippen LogP contribution in [0.2, 0.25) is 0 Å². The van der Waals surface area contributed by atoms with E-state index in [2.05, 4.69) is 5.32 Å². The Morgan fingerprint density at radius 1 is 1.03 bits per heavy atom. The molecule has 0 saturated carbocycles. The summed E-state index contributed by atoms with van der Waals surface area (Å²) in [6, 6.07) is 19.0. The number of esters is 2. The summed E-state index contributed by atoms with van der Waals surface area (Å²) in [6.07, 6.45) is 2.77. The summed E-state index contributed by atoms with van der Waals surface area (Å²) in [5.74, 6) is -1.65. The van der Waals surface area contributed by atoms with Gasteiger partial charge in [-0.3, -0.25) is 14.7 Å². The fraction of sp³-hybridized carbons (Fsp3) is 0.391. The van der Waals surface area contributed by atoms with Gasteiger partial charge in [-0.1, -0.05) is 60.7 Å². The molecule has 0 aromatic heterocycles. The van der Waals surface area contributed by atoms with Gasteiger partial charge >= 0.3 is 11.9 Å². The number of aryl methyl sites for hydroxylation is 1. The van der Waals surface area contributed by atoms with Crippen LogP contribution in [0.5, 0.6) is 0 Å². The van der Waals surface area contributed by atoms with Gasteiger partial charge in [-0.25, -0.2) is 4.79 Å². The number of unbranched alkanes of at least 4 members (excludes halogenated alkanes) is 1. The van der Waals surface area contributed by atoms with Crippen LogP contribution in [0.1, 0.15) is 36.8 Å². The molecule has 1 aliphatic heterocycles. The van der Waals surface area contributed by atoms with Crippen molar-refractivity contribution in [3.63, 3.8) is 0 Å². The first kappa shape index (κ1) is 22.4. The van der Waals surface area contributed by atoms with Crippen molar-refractivity contribution < 1.29 is 23.8 Å². The predicted octanol–water partition coefficient (Wildman–Crippen LogP) is 3.63. The van der Waals surface area contributed by atoms with Crippen molar-refractivity contribution in [2.75, 3.05) is 18.9 Å². The van der Waals surface area contributed by atoms with Crippen LogP contribution in [0.25, 0.3) is 0 Å². The number of carbonyl (C=O) groups excluding carboxylic acids is 2. The predicted molar refractivity (Wildman–Crippen MR) is 115 cm³/mol. The summed E-state index contributed by atoms with van der Waals surface area (Å²) in [6.45, 7) is 0.637. The molecule has 160 valence electrons. The van der Waals surface area contributed by atoms with Gasteiger partial charge in [-0.15, -0.1) is 0 Å². The van der Waals surface area contributed by atoms with Crippen LogP contribution in [0.3, 0.4) is 0 Å². The van der Waals surface area contributed by atoms with Gasteiger partial charge in [-0.05, 0) is 49.8 Å². The van der Waals surface area contributed by atoms with Crippen molar-refractivity contribution in [1.29, 1.82) is 0 Å². The molecule has 2 atom stereocenters. The van der Waals surface area contributed by atoms with E-state index in [9.17, 15) is 19.0 Å². The summed E-state index contributed by atoms with van der Waals surface area (Å²) in [7, 11) is -3.70. The third-order valence-electron chi connectivity index (χ3n) is 5.42. The van der Waals surface area contributed by atoms with E-state index in [1.54, 1.807) is 0 Å². The Balaban J connectivity index is 1.51. The average molecular weight is 429 g/mol. The second-order valence-electron chi connectivity index (χ2n) is 7.73. The third kappa shape index (κ3) is 5.88. The lowest BCUT2D eigenvalue weighted by Gasteiger charge is -2.27.